The van der Waals surface area contributed by atoms with Gasteiger partial charge in [-0.25, -0.2) is 10.0 Å². The van der Waals surface area contributed by atoms with Gasteiger partial charge in [0.2, 0.25) is 12.3 Å². The molecule has 1 heterocycles. The Kier molecular flexibility index (Phi) is 8.45. The fourth-order valence-corrected chi connectivity index (χ4v) is 2.09. The number of hydrogen-bond acceptors (Lipinski definition) is 6. The van der Waals surface area contributed by atoms with Crippen LogP contribution in [0.15, 0.2) is 18.3 Å². The molecule has 128 valence electrons. The van der Waals surface area contributed by atoms with E-state index < -0.39 is 5.92 Å². The van der Waals surface area contributed by atoms with Crippen molar-refractivity contribution < 1.29 is 19.5 Å². The van der Waals surface area contributed by atoms with Crippen LogP contribution in [-0.4, -0.2) is 41.2 Å². The third-order valence-corrected chi connectivity index (χ3v) is 3.35. The van der Waals surface area contributed by atoms with Gasteiger partial charge in [0, 0.05) is 6.20 Å². The molecule has 0 aliphatic rings. The van der Waals surface area contributed by atoms with Crippen LogP contribution in [0.1, 0.15) is 32.6 Å². The van der Waals surface area contributed by atoms with Crippen molar-refractivity contribution in [3.63, 3.8) is 0 Å². The third-order valence-electron chi connectivity index (χ3n) is 3.35. The Hall–Kier alpha value is -2.35. The first-order chi connectivity index (χ1) is 11.1. The zero-order chi connectivity index (χ0) is 17.1. The zero-order valence-electron chi connectivity index (χ0n) is 13.5. The molecule has 0 spiro atoms. The average Bonchev–Trinajstić information content (AvgIpc) is 2.58. The van der Waals surface area contributed by atoms with E-state index in [1.807, 2.05) is 0 Å². The summed E-state index contributed by atoms with van der Waals surface area (Å²) in [5.41, 5.74) is 5.25. The molecule has 8 nitrogen and oxygen atoms in total. The number of methoxy groups -OCH3 is 1. The van der Waals surface area contributed by atoms with Gasteiger partial charge in [-0.15, -0.1) is 0 Å². The molecule has 0 saturated carbocycles. The fourth-order valence-electron chi connectivity index (χ4n) is 2.09. The molecule has 0 saturated heterocycles. The van der Waals surface area contributed by atoms with Crippen molar-refractivity contribution in [3.8, 4) is 5.75 Å². The van der Waals surface area contributed by atoms with E-state index in [4.69, 9.17) is 4.74 Å². The van der Waals surface area contributed by atoms with Crippen molar-refractivity contribution in [2.75, 3.05) is 19.1 Å². The number of hydrazine groups is 1. The summed E-state index contributed by atoms with van der Waals surface area (Å²) in [5.74, 6) is 0.0348. The van der Waals surface area contributed by atoms with Gasteiger partial charge < -0.3 is 4.74 Å². The normalized spacial score (nSPS) is 11.4. The number of ether oxygens (including phenoxy) is 1. The van der Waals surface area contributed by atoms with Crippen LogP contribution in [0.5, 0.6) is 5.75 Å². The van der Waals surface area contributed by atoms with Gasteiger partial charge in [-0.05, 0) is 18.6 Å². The lowest BCUT2D eigenvalue weighted by Gasteiger charge is -2.20. The zero-order valence-corrected chi connectivity index (χ0v) is 13.5. The summed E-state index contributed by atoms with van der Waals surface area (Å²) in [7, 11) is 1.51. The summed E-state index contributed by atoms with van der Waals surface area (Å²) in [6.07, 6.45) is 5.28. The standard InChI is InChI=1S/C15H24N4O4/c1-3-4-5-7-12(10-19(22)11-20)15(21)18-17-14-13(23-2)8-6-9-16-14/h6,8-9,11-12,22H,3-5,7,10H2,1-2H3,(H,16,17)(H,18,21)/t12-/m1/s1. The third kappa shape index (κ3) is 6.52. The Morgan fingerprint density at radius 2 is 2.30 bits per heavy atom. The van der Waals surface area contributed by atoms with Crippen LogP contribution in [0.2, 0.25) is 0 Å². The summed E-state index contributed by atoms with van der Waals surface area (Å²) in [6, 6.07) is 3.43. The second-order valence-electron chi connectivity index (χ2n) is 5.09. The lowest BCUT2D eigenvalue weighted by atomic mass is 10.0. The number of pyridine rings is 1. The van der Waals surface area contributed by atoms with Gasteiger partial charge in [0.15, 0.2) is 11.6 Å². The Bertz CT molecular complexity index is 498. The van der Waals surface area contributed by atoms with Crippen LogP contribution < -0.4 is 15.6 Å². The fraction of sp³-hybridized carbons (Fsp3) is 0.533. The smallest absolute Gasteiger partial charge is 0.243 e. The van der Waals surface area contributed by atoms with Crippen LogP contribution in [0.3, 0.4) is 0 Å². The van der Waals surface area contributed by atoms with Crippen LogP contribution in [0, 0.1) is 5.92 Å². The maximum Gasteiger partial charge on any atom is 0.243 e. The molecule has 1 aromatic rings. The van der Waals surface area contributed by atoms with Crippen molar-refractivity contribution in [3.05, 3.63) is 18.3 Å². The average molecular weight is 324 g/mol. The number of carbonyl (C=O) groups is 2. The molecule has 1 aromatic heterocycles. The topological polar surface area (TPSA) is 104 Å². The van der Waals surface area contributed by atoms with E-state index in [9.17, 15) is 14.8 Å². The highest BCUT2D eigenvalue weighted by atomic mass is 16.5. The number of unbranched alkanes of at least 4 members (excludes halogenated alkanes) is 2. The molecule has 0 aliphatic heterocycles. The van der Waals surface area contributed by atoms with Crippen molar-refractivity contribution in [1.82, 2.24) is 15.5 Å². The lowest BCUT2D eigenvalue weighted by molar-refractivity contribution is -0.154. The van der Waals surface area contributed by atoms with E-state index in [0.717, 1.165) is 19.3 Å². The van der Waals surface area contributed by atoms with Gasteiger partial charge in [-0.3, -0.25) is 25.6 Å². The van der Waals surface area contributed by atoms with E-state index in [2.05, 4.69) is 22.8 Å². The number of rotatable bonds is 11. The molecule has 0 fully saturated rings. The van der Waals surface area contributed by atoms with E-state index in [-0.39, 0.29) is 18.9 Å². The van der Waals surface area contributed by atoms with Crippen molar-refractivity contribution in [2.24, 2.45) is 5.92 Å². The largest absolute Gasteiger partial charge is 0.493 e. The maximum atomic E-state index is 12.3. The molecule has 0 bridgehead atoms. The predicted octanol–water partition coefficient (Wildman–Crippen LogP) is 1.58. The second kappa shape index (κ2) is 10.4. The molecule has 2 amide bonds. The Morgan fingerprint density at radius 1 is 1.52 bits per heavy atom. The molecule has 8 heteroatoms. The van der Waals surface area contributed by atoms with E-state index >= 15 is 0 Å². The van der Waals surface area contributed by atoms with Gasteiger partial charge in [-0.2, -0.15) is 0 Å². The van der Waals surface area contributed by atoms with Crippen LogP contribution in [-0.2, 0) is 9.59 Å². The Morgan fingerprint density at radius 3 is 2.96 bits per heavy atom. The quantitative estimate of drug-likeness (QED) is 0.247. The molecular weight excluding hydrogens is 300 g/mol. The first-order valence-corrected chi connectivity index (χ1v) is 7.58. The molecule has 1 atom stereocenters. The van der Waals surface area contributed by atoms with E-state index in [1.54, 1.807) is 18.3 Å². The number of nitrogens with zero attached hydrogens (tertiary/aromatic N) is 2. The highest BCUT2D eigenvalue weighted by molar-refractivity contribution is 5.80. The molecule has 0 radical (unpaired) electrons. The SMILES string of the molecule is CCCCC[C@H](CN(O)C=O)C(=O)NNc1ncccc1OC. The molecule has 3 N–H and O–H groups in total. The number of anilines is 1. The first-order valence-electron chi connectivity index (χ1n) is 7.58. The van der Waals surface area contributed by atoms with E-state index in [1.165, 1.54) is 7.11 Å². The van der Waals surface area contributed by atoms with Gasteiger partial charge >= 0.3 is 0 Å². The van der Waals surface area contributed by atoms with Gasteiger partial charge in [0.05, 0.1) is 19.6 Å². The van der Waals surface area contributed by atoms with Crippen LogP contribution >= 0.6 is 0 Å². The summed E-state index contributed by atoms with van der Waals surface area (Å²) >= 11 is 0. The minimum atomic E-state index is -0.515. The van der Waals surface area contributed by atoms with Crippen molar-refractivity contribution in [1.29, 1.82) is 0 Å². The summed E-state index contributed by atoms with van der Waals surface area (Å²) in [5, 5.41) is 9.82. The van der Waals surface area contributed by atoms with Gasteiger partial charge in [-0.1, -0.05) is 26.2 Å². The predicted molar refractivity (Wildman–Crippen MR) is 84.7 cm³/mol. The maximum absolute atomic E-state index is 12.3. The number of hydroxylamine groups is 2. The number of nitrogens with one attached hydrogen (secondary N) is 2. The highest BCUT2D eigenvalue weighted by Crippen LogP contribution is 2.19. The highest BCUT2D eigenvalue weighted by Gasteiger charge is 2.21. The molecule has 0 unspecified atom stereocenters. The number of carbonyl (C=O) groups excluding carboxylic acids is 2. The minimum absolute atomic E-state index is 0.0555. The minimum Gasteiger partial charge on any atom is -0.493 e. The lowest BCUT2D eigenvalue weighted by Crippen LogP contribution is -2.40. The summed E-state index contributed by atoms with van der Waals surface area (Å²) < 4.78 is 5.13. The number of aromatic nitrogens is 1. The summed E-state index contributed by atoms with van der Waals surface area (Å²) in [4.78, 5) is 26.9. The van der Waals surface area contributed by atoms with Crippen LogP contribution in [0.4, 0.5) is 5.82 Å². The molecule has 23 heavy (non-hydrogen) atoms. The molecule has 0 aliphatic carbocycles. The van der Waals surface area contributed by atoms with Crippen molar-refractivity contribution in [2.45, 2.75) is 32.6 Å². The monoisotopic (exact) mass is 324 g/mol. The van der Waals surface area contributed by atoms with Crippen LogP contribution in [0.25, 0.3) is 0 Å². The second-order valence-corrected chi connectivity index (χ2v) is 5.09. The van der Waals surface area contributed by atoms with Crippen molar-refractivity contribution >= 4 is 18.1 Å². The summed E-state index contributed by atoms with van der Waals surface area (Å²) in [6.45, 7) is 2.01. The first kappa shape index (κ1) is 18.7. The molecule has 0 aromatic carbocycles. The number of amides is 2. The molecular formula is C15H24N4O4. The molecule has 1 rings (SSSR count). The Balaban J connectivity index is 2.62. The Labute approximate surface area is 135 Å². The van der Waals surface area contributed by atoms with Gasteiger partial charge in [0.1, 0.15) is 0 Å². The van der Waals surface area contributed by atoms with Gasteiger partial charge in [0.25, 0.3) is 0 Å². The van der Waals surface area contributed by atoms with E-state index in [0.29, 0.717) is 23.1 Å². The number of hydrogen-bond donors (Lipinski definition) is 3.